The van der Waals surface area contributed by atoms with E-state index in [0.717, 1.165) is 55.8 Å². The molecule has 0 aliphatic carbocycles. The summed E-state index contributed by atoms with van der Waals surface area (Å²) in [5, 5.41) is 18.0. The smallest absolute Gasteiger partial charge is 0.139 e. The van der Waals surface area contributed by atoms with Crippen LogP contribution in [0.15, 0.2) is 85.6 Å². The monoisotopic (exact) mass is 468 g/mol. The highest BCUT2D eigenvalue weighted by Gasteiger charge is 2.15. The first kappa shape index (κ1) is 21.3. The zero-order valence-electron chi connectivity index (χ0n) is 19.3. The van der Waals surface area contributed by atoms with Crippen molar-refractivity contribution in [1.29, 1.82) is 5.26 Å². The van der Waals surface area contributed by atoms with Gasteiger partial charge in [-0.15, -0.1) is 0 Å². The summed E-state index contributed by atoms with van der Waals surface area (Å²) in [6.45, 7) is 2.06. The maximum Gasteiger partial charge on any atom is 0.139 e. The molecule has 0 unspecified atom stereocenters. The molecule has 172 valence electrons. The van der Waals surface area contributed by atoms with Gasteiger partial charge in [-0.3, -0.25) is 0 Å². The summed E-state index contributed by atoms with van der Waals surface area (Å²) in [6, 6.07) is 21.4. The molecule has 0 spiro atoms. The molecule has 0 aliphatic heterocycles. The predicted octanol–water partition coefficient (Wildman–Crippen LogP) is 6.24. The average molecular weight is 469 g/mol. The van der Waals surface area contributed by atoms with Crippen molar-refractivity contribution in [2.75, 3.05) is 10.6 Å². The SMILES string of the molecule is Cc1ccc2c(Nc3ccc(C#N)cc3)nccc2c1Nc1ncccc1-c1ncnc2cc[nH]c12. The van der Waals surface area contributed by atoms with Crippen LogP contribution >= 0.6 is 0 Å². The van der Waals surface area contributed by atoms with E-state index in [9.17, 15) is 0 Å². The Labute approximate surface area is 206 Å². The molecular weight excluding hydrogens is 448 g/mol. The molecule has 8 nitrogen and oxygen atoms in total. The number of aromatic nitrogens is 5. The van der Waals surface area contributed by atoms with E-state index < -0.39 is 0 Å². The summed E-state index contributed by atoms with van der Waals surface area (Å²) < 4.78 is 0. The zero-order valence-corrected chi connectivity index (χ0v) is 19.3. The number of pyridine rings is 2. The van der Waals surface area contributed by atoms with Crippen molar-refractivity contribution in [3.8, 4) is 17.3 Å². The van der Waals surface area contributed by atoms with Crippen molar-refractivity contribution in [2.24, 2.45) is 0 Å². The zero-order chi connectivity index (χ0) is 24.5. The molecule has 0 amide bonds. The molecule has 8 heteroatoms. The number of aromatic amines is 1. The number of nitriles is 1. The molecule has 6 rings (SSSR count). The maximum atomic E-state index is 9.07. The molecule has 4 aromatic heterocycles. The number of benzene rings is 2. The molecule has 0 atom stereocenters. The first-order chi connectivity index (χ1) is 17.7. The maximum absolute atomic E-state index is 9.07. The molecule has 0 saturated carbocycles. The van der Waals surface area contributed by atoms with E-state index in [4.69, 9.17) is 5.26 Å². The quantitative estimate of drug-likeness (QED) is 0.274. The van der Waals surface area contributed by atoms with Crippen LogP contribution < -0.4 is 10.6 Å². The lowest BCUT2D eigenvalue weighted by Crippen LogP contribution is -2.01. The minimum atomic E-state index is 0.611. The van der Waals surface area contributed by atoms with Crippen LogP contribution in [0.2, 0.25) is 0 Å². The second-order valence-corrected chi connectivity index (χ2v) is 8.31. The third kappa shape index (κ3) is 3.75. The summed E-state index contributed by atoms with van der Waals surface area (Å²) >= 11 is 0. The van der Waals surface area contributed by atoms with Gasteiger partial charge >= 0.3 is 0 Å². The van der Waals surface area contributed by atoms with Crippen molar-refractivity contribution in [3.05, 3.63) is 96.7 Å². The Morgan fingerprint density at radius 2 is 1.67 bits per heavy atom. The highest BCUT2D eigenvalue weighted by molar-refractivity contribution is 6.03. The Bertz CT molecular complexity index is 1760. The van der Waals surface area contributed by atoms with Crippen LogP contribution in [0.1, 0.15) is 11.1 Å². The van der Waals surface area contributed by atoms with Crippen molar-refractivity contribution >= 4 is 44.8 Å². The minimum Gasteiger partial charge on any atom is -0.358 e. The minimum absolute atomic E-state index is 0.611. The number of aryl methyl sites for hydroxylation is 1. The van der Waals surface area contributed by atoms with E-state index in [-0.39, 0.29) is 0 Å². The summed E-state index contributed by atoms with van der Waals surface area (Å²) in [5.74, 6) is 1.42. The molecule has 6 aromatic rings. The molecule has 2 aromatic carbocycles. The third-order valence-corrected chi connectivity index (χ3v) is 6.08. The van der Waals surface area contributed by atoms with Gasteiger partial charge in [0, 0.05) is 40.6 Å². The van der Waals surface area contributed by atoms with Gasteiger partial charge in [0.15, 0.2) is 0 Å². The predicted molar refractivity (Wildman–Crippen MR) is 141 cm³/mol. The lowest BCUT2D eigenvalue weighted by molar-refractivity contribution is 1.21. The Morgan fingerprint density at radius 1 is 0.806 bits per heavy atom. The number of hydrogen-bond donors (Lipinski definition) is 3. The van der Waals surface area contributed by atoms with Crippen LogP contribution in [0.5, 0.6) is 0 Å². The van der Waals surface area contributed by atoms with Crippen LogP contribution in [0, 0.1) is 18.3 Å². The molecule has 0 bridgehead atoms. The van der Waals surface area contributed by atoms with E-state index in [2.05, 4.69) is 60.7 Å². The number of H-pyrrole nitrogens is 1. The Hall–Kier alpha value is -5.29. The van der Waals surface area contributed by atoms with Gasteiger partial charge in [0.2, 0.25) is 0 Å². The van der Waals surface area contributed by atoms with Crippen LogP contribution in [-0.4, -0.2) is 24.9 Å². The highest BCUT2D eigenvalue weighted by atomic mass is 15.0. The molecular formula is C28H20N8. The van der Waals surface area contributed by atoms with E-state index in [1.165, 1.54) is 0 Å². The molecule has 0 radical (unpaired) electrons. The largest absolute Gasteiger partial charge is 0.358 e. The first-order valence-electron chi connectivity index (χ1n) is 11.4. The lowest BCUT2D eigenvalue weighted by Gasteiger charge is -2.17. The first-order valence-corrected chi connectivity index (χ1v) is 11.4. The van der Waals surface area contributed by atoms with E-state index in [1.54, 1.807) is 30.9 Å². The standard InChI is InChI=1S/C28H20N8/c1-17-4-9-21-20(10-13-32-27(21)35-19-7-5-18(15-29)6-8-19)24(17)36-28-22(3-2-12-31-28)25-26-23(11-14-30-26)33-16-34-25/h2-14,16,30H,1H3,(H,31,36)(H,32,35). The Kier molecular flexibility index (Phi) is 5.20. The summed E-state index contributed by atoms with van der Waals surface area (Å²) in [7, 11) is 0. The van der Waals surface area contributed by atoms with Gasteiger partial charge < -0.3 is 15.6 Å². The fourth-order valence-electron chi connectivity index (χ4n) is 4.28. The van der Waals surface area contributed by atoms with Crippen LogP contribution in [0.3, 0.4) is 0 Å². The molecule has 36 heavy (non-hydrogen) atoms. The van der Waals surface area contributed by atoms with Gasteiger partial charge in [-0.05, 0) is 61.0 Å². The number of rotatable bonds is 5. The van der Waals surface area contributed by atoms with Gasteiger partial charge in [0.25, 0.3) is 0 Å². The molecule has 4 heterocycles. The summed E-state index contributed by atoms with van der Waals surface area (Å²) in [5.41, 5.74) is 6.84. The molecule has 0 fully saturated rings. The van der Waals surface area contributed by atoms with Crippen LogP contribution in [-0.2, 0) is 0 Å². The van der Waals surface area contributed by atoms with E-state index >= 15 is 0 Å². The molecule has 0 aliphatic rings. The van der Waals surface area contributed by atoms with Crippen molar-refractivity contribution in [3.63, 3.8) is 0 Å². The van der Waals surface area contributed by atoms with Crippen molar-refractivity contribution in [1.82, 2.24) is 24.9 Å². The van der Waals surface area contributed by atoms with Gasteiger partial charge in [0.05, 0.1) is 28.4 Å². The van der Waals surface area contributed by atoms with Gasteiger partial charge in [-0.2, -0.15) is 5.26 Å². The highest BCUT2D eigenvalue weighted by Crippen LogP contribution is 2.36. The summed E-state index contributed by atoms with van der Waals surface area (Å²) in [4.78, 5) is 21.4. The molecule has 0 saturated heterocycles. The van der Waals surface area contributed by atoms with Crippen molar-refractivity contribution < 1.29 is 0 Å². The number of fused-ring (bicyclic) bond motifs is 2. The Balaban J connectivity index is 1.43. The lowest BCUT2D eigenvalue weighted by atomic mass is 10.0. The molecule has 3 N–H and O–H groups in total. The Morgan fingerprint density at radius 3 is 2.53 bits per heavy atom. The number of hydrogen-bond acceptors (Lipinski definition) is 7. The van der Waals surface area contributed by atoms with E-state index in [1.807, 2.05) is 42.6 Å². The third-order valence-electron chi connectivity index (χ3n) is 6.08. The average Bonchev–Trinajstić information content (AvgIpc) is 3.40. The van der Waals surface area contributed by atoms with Crippen LogP contribution in [0.25, 0.3) is 33.1 Å². The number of anilines is 4. The topological polar surface area (TPSA) is 115 Å². The van der Waals surface area contributed by atoms with Gasteiger partial charge in [0.1, 0.15) is 23.7 Å². The van der Waals surface area contributed by atoms with Gasteiger partial charge in [-0.1, -0.05) is 12.1 Å². The second-order valence-electron chi connectivity index (χ2n) is 8.31. The van der Waals surface area contributed by atoms with Crippen molar-refractivity contribution in [2.45, 2.75) is 6.92 Å². The fraction of sp³-hybridized carbons (Fsp3) is 0.0357. The number of nitrogens with one attached hydrogen (secondary N) is 3. The van der Waals surface area contributed by atoms with E-state index in [0.29, 0.717) is 11.4 Å². The van der Waals surface area contributed by atoms with Gasteiger partial charge in [-0.25, -0.2) is 19.9 Å². The number of nitrogens with zero attached hydrogens (tertiary/aromatic N) is 5. The van der Waals surface area contributed by atoms with Crippen LogP contribution in [0.4, 0.5) is 23.0 Å². The fourth-order valence-corrected chi connectivity index (χ4v) is 4.28. The second kappa shape index (κ2) is 8.81. The normalized spacial score (nSPS) is 10.9. The summed E-state index contributed by atoms with van der Waals surface area (Å²) in [6.07, 6.45) is 6.97.